The summed E-state index contributed by atoms with van der Waals surface area (Å²) in [6, 6.07) is 19.6. The van der Waals surface area contributed by atoms with Crippen molar-refractivity contribution in [2.75, 3.05) is 5.32 Å². The molecule has 1 amide bonds. The van der Waals surface area contributed by atoms with E-state index in [2.05, 4.69) is 55.3 Å². The van der Waals surface area contributed by atoms with Crippen molar-refractivity contribution in [3.63, 3.8) is 0 Å². The summed E-state index contributed by atoms with van der Waals surface area (Å²) in [5.74, 6) is -2.71. The van der Waals surface area contributed by atoms with Crippen molar-refractivity contribution >= 4 is 46.5 Å². The van der Waals surface area contributed by atoms with Gasteiger partial charge < -0.3 is 15.5 Å². The van der Waals surface area contributed by atoms with Crippen molar-refractivity contribution in [2.45, 2.75) is 58.8 Å². The standard InChI is InChI=1S/C33H34N2O5S/c1-20-17-21(2)30(22(3)18-20)25-11-9-23(10-12-25)19-28-31(38)35-33(41-28)34-26-15-13-24(14-16-26)27(32(39)40)7-5-4-6-8-29(36)37/h9-19,27H,4-8H2,1-3H3,(H,36,37)(H,39,40)(H,34,35,38). The van der Waals surface area contributed by atoms with E-state index in [1.807, 2.05) is 18.2 Å². The van der Waals surface area contributed by atoms with Gasteiger partial charge in [-0.1, -0.05) is 66.9 Å². The Morgan fingerprint density at radius 1 is 0.927 bits per heavy atom. The largest absolute Gasteiger partial charge is 0.481 e. The van der Waals surface area contributed by atoms with Gasteiger partial charge in [0.25, 0.3) is 5.91 Å². The van der Waals surface area contributed by atoms with Gasteiger partial charge in [-0.15, -0.1) is 0 Å². The van der Waals surface area contributed by atoms with Crippen LogP contribution in [-0.4, -0.2) is 33.2 Å². The predicted octanol–water partition coefficient (Wildman–Crippen LogP) is 7.56. The lowest BCUT2D eigenvalue weighted by atomic mass is 9.93. The number of benzene rings is 3. The molecule has 4 rings (SSSR count). The van der Waals surface area contributed by atoms with E-state index in [1.54, 1.807) is 24.3 Å². The Hall–Kier alpha value is -4.17. The number of rotatable bonds is 11. The lowest BCUT2D eigenvalue weighted by Gasteiger charge is -2.13. The maximum Gasteiger partial charge on any atom is 0.310 e. The number of aliphatic imine (C=N–C) groups is 1. The first kappa shape index (κ1) is 29.8. The molecule has 1 unspecified atom stereocenters. The highest BCUT2D eigenvalue weighted by Gasteiger charge is 2.23. The van der Waals surface area contributed by atoms with E-state index in [1.165, 1.54) is 34.0 Å². The van der Waals surface area contributed by atoms with E-state index in [-0.39, 0.29) is 12.3 Å². The number of aryl methyl sites for hydroxylation is 3. The molecule has 1 aliphatic rings. The second-order valence-electron chi connectivity index (χ2n) is 10.4. The van der Waals surface area contributed by atoms with Gasteiger partial charge in [-0.3, -0.25) is 14.4 Å². The summed E-state index contributed by atoms with van der Waals surface area (Å²) < 4.78 is 0. The molecule has 3 aromatic rings. The van der Waals surface area contributed by atoms with Gasteiger partial charge in [-0.05, 0) is 97.0 Å². The minimum absolute atomic E-state index is 0.0964. The highest BCUT2D eigenvalue weighted by atomic mass is 32.2. The summed E-state index contributed by atoms with van der Waals surface area (Å²) in [4.78, 5) is 39.7. The summed E-state index contributed by atoms with van der Waals surface area (Å²) in [7, 11) is 0. The molecule has 0 aromatic heterocycles. The van der Waals surface area contributed by atoms with Gasteiger partial charge in [-0.2, -0.15) is 4.99 Å². The number of carbonyl (C=O) groups is 3. The Kier molecular flexibility index (Phi) is 9.78. The van der Waals surface area contributed by atoms with Crippen LogP contribution in [0.5, 0.6) is 0 Å². The van der Waals surface area contributed by atoms with Crippen molar-refractivity contribution in [1.82, 2.24) is 0 Å². The number of carboxylic acid groups (broad SMARTS) is 2. The molecule has 8 heteroatoms. The molecule has 0 bridgehead atoms. The average Bonchev–Trinajstić information content (AvgIpc) is 3.25. The molecule has 0 fully saturated rings. The third-order valence-electron chi connectivity index (χ3n) is 7.04. The summed E-state index contributed by atoms with van der Waals surface area (Å²) in [5, 5.41) is 22.0. The highest BCUT2D eigenvalue weighted by molar-refractivity contribution is 8.18. The van der Waals surface area contributed by atoms with Crippen LogP contribution in [0.1, 0.15) is 65.8 Å². The Balaban J connectivity index is 1.36. The Bertz CT molecular complexity index is 1480. The fourth-order valence-electron chi connectivity index (χ4n) is 5.15. The van der Waals surface area contributed by atoms with Crippen LogP contribution in [0.3, 0.4) is 0 Å². The number of amides is 1. The van der Waals surface area contributed by atoms with E-state index >= 15 is 0 Å². The van der Waals surface area contributed by atoms with E-state index < -0.39 is 17.9 Å². The SMILES string of the molecule is Cc1cc(C)c(-c2ccc(C=C3SC(Nc4ccc(C(CCCCCC(=O)O)C(=O)O)cc4)=NC3=O)cc2)c(C)c1. The zero-order valence-corrected chi connectivity index (χ0v) is 24.3. The van der Waals surface area contributed by atoms with E-state index in [0.29, 0.717) is 47.0 Å². The van der Waals surface area contributed by atoms with Crippen LogP contribution in [0.2, 0.25) is 0 Å². The van der Waals surface area contributed by atoms with Crippen LogP contribution in [0.25, 0.3) is 17.2 Å². The van der Waals surface area contributed by atoms with Gasteiger partial charge in [-0.25, -0.2) is 0 Å². The summed E-state index contributed by atoms with van der Waals surface area (Å²) in [6.45, 7) is 6.34. The van der Waals surface area contributed by atoms with Crippen molar-refractivity contribution in [3.05, 3.63) is 93.4 Å². The smallest absolute Gasteiger partial charge is 0.310 e. The first-order valence-electron chi connectivity index (χ1n) is 13.6. The average molecular weight is 571 g/mol. The van der Waals surface area contributed by atoms with Crippen LogP contribution in [0, 0.1) is 20.8 Å². The number of unbranched alkanes of at least 4 members (excludes halogenated alkanes) is 2. The Morgan fingerprint density at radius 2 is 1.59 bits per heavy atom. The minimum atomic E-state index is -0.905. The minimum Gasteiger partial charge on any atom is -0.481 e. The molecule has 0 aliphatic carbocycles. The second-order valence-corrected chi connectivity index (χ2v) is 11.4. The predicted molar refractivity (Wildman–Crippen MR) is 165 cm³/mol. The topological polar surface area (TPSA) is 116 Å². The molecule has 0 radical (unpaired) electrons. The number of aliphatic carboxylic acids is 2. The quantitative estimate of drug-likeness (QED) is 0.161. The van der Waals surface area contributed by atoms with Crippen molar-refractivity contribution in [2.24, 2.45) is 4.99 Å². The normalized spacial score (nSPS) is 14.7. The maximum atomic E-state index is 12.6. The van der Waals surface area contributed by atoms with Crippen molar-refractivity contribution < 1.29 is 24.6 Å². The summed E-state index contributed by atoms with van der Waals surface area (Å²) >= 11 is 1.26. The fourth-order valence-corrected chi connectivity index (χ4v) is 5.99. The van der Waals surface area contributed by atoms with E-state index in [4.69, 9.17) is 5.11 Å². The van der Waals surface area contributed by atoms with Crippen LogP contribution in [0.15, 0.2) is 70.6 Å². The number of hydrogen-bond acceptors (Lipinski definition) is 5. The van der Waals surface area contributed by atoms with Gasteiger partial charge in [0.05, 0.1) is 10.8 Å². The molecule has 0 saturated carbocycles. The van der Waals surface area contributed by atoms with Gasteiger partial charge >= 0.3 is 11.9 Å². The number of anilines is 1. The molecule has 0 saturated heterocycles. The number of hydrogen-bond donors (Lipinski definition) is 3. The number of nitrogens with zero attached hydrogens (tertiary/aromatic N) is 1. The van der Waals surface area contributed by atoms with E-state index in [0.717, 1.165) is 11.1 Å². The highest BCUT2D eigenvalue weighted by Crippen LogP contribution is 2.32. The number of thioether (sulfide) groups is 1. The summed E-state index contributed by atoms with van der Waals surface area (Å²) in [5.41, 5.74) is 8.37. The number of carbonyl (C=O) groups excluding carboxylic acids is 1. The lowest BCUT2D eigenvalue weighted by molar-refractivity contribution is -0.139. The van der Waals surface area contributed by atoms with E-state index in [9.17, 15) is 19.5 Å². The maximum absolute atomic E-state index is 12.6. The molecule has 0 spiro atoms. The third kappa shape index (κ3) is 7.95. The first-order valence-corrected chi connectivity index (χ1v) is 14.4. The molecule has 1 heterocycles. The number of amidine groups is 1. The Morgan fingerprint density at radius 3 is 2.20 bits per heavy atom. The summed E-state index contributed by atoms with van der Waals surface area (Å²) in [6.07, 6.45) is 4.23. The van der Waals surface area contributed by atoms with Crippen LogP contribution < -0.4 is 5.32 Å². The zero-order valence-electron chi connectivity index (χ0n) is 23.4. The van der Waals surface area contributed by atoms with Crippen LogP contribution in [0.4, 0.5) is 5.69 Å². The molecule has 3 N–H and O–H groups in total. The lowest BCUT2D eigenvalue weighted by Crippen LogP contribution is -2.12. The van der Waals surface area contributed by atoms with Crippen LogP contribution in [-0.2, 0) is 14.4 Å². The van der Waals surface area contributed by atoms with Crippen molar-refractivity contribution in [1.29, 1.82) is 0 Å². The first-order chi connectivity index (χ1) is 19.6. The zero-order chi connectivity index (χ0) is 29.5. The molecule has 3 aromatic carbocycles. The molecular formula is C33H34N2O5S. The number of nitrogens with one attached hydrogen (secondary N) is 1. The second kappa shape index (κ2) is 13.5. The fraction of sp³-hybridized carbons (Fsp3) is 0.273. The van der Waals surface area contributed by atoms with Gasteiger partial charge in [0.2, 0.25) is 0 Å². The molecule has 41 heavy (non-hydrogen) atoms. The monoisotopic (exact) mass is 570 g/mol. The van der Waals surface area contributed by atoms with Gasteiger partial charge in [0.15, 0.2) is 5.17 Å². The number of carboxylic acids is 2. The molecule has 7 nitrogen and oxygen atoms in total. The molecule has 1 atom stereocenters. The molecular weight excluding hydrogens is 536 g/mol. The van der Waals surface area contributed by atoms with Crippen molar-refractivity contribution in [3.8, 4) is 11.1 Å². The Labute approximate surface area is 244 Å². The third-order valence-corrected chi connectivity index (χ3v) is 7.94. The van der Waals surface area contributed by atoms with Crippen LogP contribution >= 0.6 is 11.8 Å². The molecule has 1 aliphatic heterocycles. The van der Waals surface area contributed by atoms with Gasteiger partial charge in [0, 0.05) is 12.1 Å². The molecule has 212 valence electrons. The van der Waals surface area contributed by atoms with Gasteiger partial charge in [0.1, 0.15) is 0 Å².